The Kier molecular flexibility index (Phi) is 3.87. The lowest BCUT2D eigenvalue weighted by atomic mass is 9.84. The van der Waals surface area contributed by atoms with Gasteiger partial charge in [-0.2, -0.15) is 0 Å². The molecule has 1 aromatic heterocycles. The van der Waals surface area contributed by atoms with Crippen molar-refractivity contribution in [2.24, 2.45) is 0 Å². The van der Waals surface area contributed by atoms with Gasteiger partial charge in [-0.3, -0.25) is 0 Å². The van der Waals surface area contributed by atoms with Crippen LogP contribution < -0.4 is 10.2 Å². The maximum absolute atomic E-state index is 10.3. The Bertz CT molecular complexity index is 693. The molecule has 1 aromatic carbocycles. The molecule has 0 unspecified atom stereocenters. The molecular weight excluding hydrogens is 288 g/mol. The first-order valence-corrected chi connectivity index (χ1v) is 8.44. The molecule has 1 aliphatic carbocycles. The lowest BCUT2D eigenvalue weighted by molar-refractivity contribution is 0.401. The molecule has 0 amide bonds. The molecule has 2 aromatic rings. The normalized spacial score (nSPS) is 18.7. The molecule has 2 fully saturated rings. The van der Waals surface area contributed by atoms with Gasteiger partial charge >= 0.3 is 0 Å². The molecular formula is C18H22N4O. The molecule has 0 spiro atoms. The summed E-state index contributed by atoms with van der Waals surface area (Å²) in [5.74, 6) is 1.69. The molecule has 0 radical (unpaired) electrons. The number of anilines is 1. The second-order valence-corrected chi connectivity index (χ2v) is 6.34. The number of rotatable bonds is 3. The van der Waals surface area contributed by atoms with Crippen molar-refractivity contribution >= 4 is 5.69 Å². The number of phenols is 1. The Labute approximate surface area is 136 Å². The Hall–Kier alpha value is -2.14. The van der Waals surface area contributed by atoms with Crippen LogP contribution in [0.1, 0.15) is 31.0 Å². The monoisotopic (exact) mass is 310 g/mol. The fourth-order valence-electron chi connectivity index (χ4n) is 3.26. The van der Waals surface area contributed by atoms with Gasteiger partial charge in [-0.25, -0.2) is 9.97 Å². The van der Waals surface area contributed by atoms with Gasteiger partial charge in [-0.15, -0.1) is 0 Å². The van der Waals surface area contributed by atoms with Crippen LogP contribution in [0.2, 0.25) is 0 Å². The van der Waals surface area contributed by atoms with E-state index in [2.05, 4.69) is 15.2 Å². The van der Waals surface area contributed by atoms with Crippen LogP contribution in [0.25, 0.3) is 11.3 Å². The molecule has 120 valence electrons. The highest BCUT2D eigenvalue weighted by molar-refractivity contribution is 5.78. The topological polar surface area (TPSA) is 61.3 Å². The Balaban J connectivity index is 1.79. The van der Waals surface area contributed by atoms with Gasteiger partial charge in [0.1, 0.15) is 17.3 Å². The Morgan fingerprint density at radius 3 is 2.61 bits per heavy atom. The Morgan fingerprint density at radius 1 is 1.13 bits per heavy atom. The maximum Gasteiger partial charge on any atom is 0.132 e. The van der Waals surface area contributed by atoms with Gasteiger partial charge in [-0.05, 0) is 25.0 Å². The van der Waals surface area contributed by atoms with E-state index in [1.807, 2.05) is 24.4 Å². The summed E-state index contributed by atoms with van der Waals surface area (Å²) in [4.78, 5) is 11.8. The first-order valence-electron chi connectivity index (χ1n) is 8.44. The average molecular weight is 310 g/mol. The van der Waals surface area contributed by atoms with Crippen LogP contribution in [-0.2, 0) is 0 Å². The van der Waals surface area contributed by atoms with Crippen molar-refractivity contribution in [1.29, 1.82) is 0 Å². The predicted molar refractivity (Wildman–Crippen MR) is 90.8 cm³/mol. The number of hydrogen-bond acceptors (Lipinski definition) is 5. The van der Waals surface area contributed by atoms with Gasteiger partial charge in [-0.1, -0.05) is 18.6 Å². The number of phenolic OH excluding ortho intramolecular Hbond substituents is 1. The summed E-state index contributed by atoms with van der Waals surface area (Å²) in [7, 11) is 0. The zero-order valence-corrected chi connectivity index (χ0v) is 13.2. The summed E-state index contributed by atoms with van der Waals surface area (Å²) < 4.78 is 0. The van der Waals surface area contributed by atoms with Crippen LogP contribution in [0.3, 0.4) is 0 Å². The van der Waals surface area contributed by atoms with Crippen molar-refractivity contribution in [3.05, 3.63) is 36.3 Å². The summed E-state index contributed by atoms with van der Waals surface area (Å²) in [6, 6.07) is 7.45. The van der Waals surface area contributed by atoms with Crippen molar-refractivity contribution in [2.45, 2.75) is 25.2 Å². The van der Waals surface area contributed by atoms with Gasteiger partial charge in [0.2, 0.25) is 0 Å². The van der Waals surface area contributed by atoms with Gasteiger partial charge < -0.3 is 15.3 Å². The summed E-state index contributed by atoms with van der Waals surface area (Å²) in [5.41, 5.74) is 2.68. The van der Waals surface area contributed by atoms with Gasteiger partial charge in [0, 0.05) is 37.7 Å². The number of hydrogen-bond donors (Lipinski definition) is 2. The zero-order chi connectivity index (χ0) is 15.6. The molecule has 5 nitrogen and oxygen atoms in total. The minimum absolute atomic E-state index is 0.280. The fourth-order valence-corrected chi connectivity index (χ4v) is 3.26. The number of para-hydroxylation sites is 1. The predicted octanol–water partition coefficient (Wildman–Crippen LogP) is 2.53. The first kappa shape index (κ1) is 14.5. The van der Waals surface area contributed by atoms with E-state index in [4.69, 9.17) is 4.98 Å². The van der Waals surface area contributed by atoms with Crippen LogP contribution >= 0.6 is 0 Å². The minimum Gasteiger partial charge on any atom is -0.507 e. The fraction of sp³-hybridized carbons (Fsp3) is 0.444. The van der Waals surface area contributed by atoms with Gasteiger partial charge in [0.25, 0.3) is 0 Å². The summed E-state index contributed by atoms with van der Waals surface area (Å²) in [6.45, 7) is 3.80. The van der Waals surface area contributed by atoms with E-state index in [1.54, 1.807) is 6.07 Å². The molecule has 4 rings (SSSR count). The molecule has 1 saturated carbocycles. The van der Waals surface area contributed by atoms with Crippen molar-refractivity contribution in [1.82, 2.24) is 15.3 Å². The number of piperazine rings is 1. The van der Waals surface area contributed by atoms with E-state index in [1.165, 1.54) is 19.3 Å². The third-order valence-electron chi connectivity index (χ3n) is 4.88. The number of aromatic nitrogens is 2. The zero-order valence-electron chi connectivity index (χ0n) is 13.2. The van der Waals surface area contributed by atoms with Crippen molar-refractivity contribution in [2.75, 3.05) is 31.1 Å². The van der Waals surface area contributed by atoms with Crippen LogP contribution in [0.4, 0.5) is 5.69 Å². The second-order valence-electron chi connectivity index (χ2n) is 6.34. The highest BCUT2D eigenvalue weighted by Gasteiger charge is 2.25. The highest BCUT2D eigenvalue weighted by atomic mass is 16.3. The van der Waals surface area contributed by atoms with Crippen molar-refractivity contribution in [3.8, 4) is 17.0 Å². The maximum atomic E-state index is 10.3. The Morgan fingerprint density at radius 2 is 1.91 bits per heavy atom. The van der Waals surface area contributed by atoms with E-state index >= 15 is 0 Å². The molecule has 2 heterocycles. The summed E-state index contributed by atoms with van der Waals surface area (Å²) >= 11 is 0. The van der Waals surface area contributed by atoms with Crippen LogP contribution in [0.5, 0.6) is 5.75 Å². The largest absolute Gasteiger partial charge is 0.507 e. The molecule has 1 saturated heterocycles. The number of nitrogens with zero attached hydrogens (tertiary/aromatic N) is 3. The minimum atomic E-state index is 0.280. The van der Waals surface area contributed by atoms with E-state index in [9.17, 15) is 5.11 Å². The number of aromatic hydroxyl groups is 1. The highest BCUT2D eigenvalue weighted by Crippen LogP contribution is 2.39. The van der Waals surface area contributed by atoms with Crippen LogP contribution in [0, 0.1) is 0 Å². The van der Waals surface area contributed by atoms with E-state index in [-0.39, 0.29) is 5.75 Å². The third kappa shape index (κ3) is 2.77. The standard InChI is InChI=1S/C18H22N4O/c23-16-7-2-1-6-14(16)17-15(22-10-8-19-9-11-22)12-20-18(21-17)13-4-3-5-13/h1-2,6-7,12-13,19,23H,3-5,8-11H2. The SMILES string of the molecule is Oc1ccccc1-c1nc(C2CCC2)ncc1N1CCNCC1. The summed E-state index contributed by atoms with van der Waals surface area (Å²) in [6.07, 6.45) is 5.56. The lowest BCUT2D eigenvalue weighted by Crippen LogP contribution is -2.43. The van der Waals surface area contributed by atoms with E-state index in [0.29, 0.717) is 5.92 Å². The lowest BCUT2D eigenvalue weighted by Gasteiger charge is -2.31. The summed E-state index contributed by atoms with van der Waals surface area (Å²) in [5, 5.41) is 13.7. The molecule has 1 aliphatic heterocycles. The number of nitrogens with one attached hydrogen (secondary N) is 1. The third-order valence-corrected chi connectivity index (χ3v) is 4.88. The molecule has 0 atom stereocenters. The average Bonchev–Trinajstić information content (AvgIpc) is 2.54. The van der Waals surface area contributed by atoms with E-state index in [0.717, 1.165) is 48.9 Å². The quantitative estimate of drug-likeness (QED) is 0.912. The van der Waals surface area contributed by atoms with Crippen LogP contribution in [-0.4, -0.2) is 41.3 Å². The van der Waals surface area contributed by atoms with Crippen molar-refractivity contribution in [3.63, 3.8) is 0 Å². The van der Waals surface area contributed by atoms with Gasteiger partial charge in [0.05, 0.1) is 11.9 Å². The molecule has 5 heteroatoms. The molecule has 23 heavy (non-hydrogen) atoms. The second kappa shape index (κ2) is 6.16. The van der Waals surface area contributed by atoms with Crippen LogP contribution in [0.15, 0.2) is 30.5 Å². The molecule has 2 aliphatic rings. The molecule has 0 bridgehead atoms. The van der Waals surface area contributed by atoms with Gasteiger partial charge in [0.15, 0.2) is 0 Å². The van der Waals surface area contributed by atoms with E-state index < -0.39 is 0 Å². The number of benzene rings is 1. The van der Waals surface area contributed by atoms with Crippen molar-refractivity contribution < 1.29 is 5.11 Å². The molecule has 2 N–H and O–H groups in total. The smallest absolute Gasteiger partial charge is 0.132 e. The first-order chi connectivity index (χ1) is 11.3.